The van der Waals surface area contributed by atoms with Crippen molar-refractivity contribution in [3.05, 3.63) is 325 Å². The average molecular weight is 1800 g/mol. The number of rotatable bonds is 19. The van der Waals surface area contributed by atoms with Crippen LogP contribution in [0, 0.1) is 0 Å². The van der Waals surface area contributed by atoms with E-state index in [4.69, 9.17) is 32.8 Å². The molecule has 1 unspecified atom stereocenters. The zero-order chi connectivity index (χ0) is 84.7. The summed E-state index contributed by atoms with van der Waals surface area (Å²) in [6.07, 6.45) is -9.47. The third kappa shape index (κ3) is 20.8. The normalized spacial score (nSPS) is 11.7. The summed E-state index contributed by atoms with van der Waals surface area (Å²) in [6.45, 7) is 0. The van der Waals surface area contributed by atoms with Crippen molar-refractivity contribution in [1.29, 1.82) is 0 Å². The van der Waals surface area contributed by atoms with Gasteiger partial charge in [-0.25, -0.2) is 25.3 Å². The van der Waals surface area contributed by atoms with Gasteiger partial charge in [0, 0.05) is 57.0 Å². The maximum atomic E-state index is 13.2. The SMILES string of the molecule is C.COc1cc(-c2cccc(C(F)(F)F)c2)ccc1-n1c(=O)ccc2cc(S(=O)(=O)Cc3ccon3)ccc21.COc1cc(-c2cccc(C(F)(F)F)c2)ccc1-n1c(=O)ccc2cc(S(=O)(=O)Cc3ccon3)ccc21.COc1cc(Br)ccc1-n1c(=O)ccc2cc(S(=O)(=O)Cc3ccon3)ccc21.O[B]Oc1cccc(C(F)(F)F)c1.P. The van der Waals surface area contributed by atoms with Gasteiger partial charge in [0.25, 0.3) is 16.7 Å². The second-order valence-electron chi connectivity index (χ2n) is 25.4. The van der Waals surface area contributed by atoms with Crippen LogP contribution in [-0.4, -0.2) is 88.5 Å². The van der Waals surface area contributed by atoms with Crippen molar-refractivity contribution in [2.75, 3.05) is 21.3 Å². The van der Waals surface area contributed by atoms with Crippen LogP contribution in [0.2, 0.25) is 0 Å². The van der Waals surface area contributed by atoms with E-state index in [0.717, 1.165) is 40.9 Å². The molecule has 0 saturated heterocycles. The molecule has 6 aromatic heterocycles. The monoisotopic (exact) mass is 1790 g/mol. The van der Waals surface area contributed by atoms with Gasteiger partial charge < -0.3 is 37.5 Å². The number of aromatic nitrogens is 6. The quantitative estimate of drug-likeness (QED) is 0.0447. The van der Waals surface area contributed by atoms with E-state index in [-0.39, 0.29) is 83.5 Å². The van der Waals surface area contributed by atoms with Crippen LogP contribution in [0.25, 0.3) is 72.0 Å². The Balaban J connectivity index is 0.000000176. The molecule has 120 heavy (non-hydrogen) atoms. The largest absolute Gasteiger partial charge is 0.569 e. The summed E-state index contributed by atoms with van der Waals surface area (Å²) in [7, 11) is -6.47. The number of benzene rings is 9. The highest BCUT2D eigenvalue weighted by molar-refractivity contribution is 9.10. The van der Waals surface area contributed by atoms with Gasteiger partial charge in [0.1, 0.15) is 59.0 Å². The molecular formula is C82H65BBrF9N6O17PS3. The van der Waals surface area contributed by atoms with E-state index >= 15 is 0 Å². The van der Waals surface area contributed by atoms with Gasteiger partial charge in [-0.05, 0) is 180 Å². The molecule has 9 aromatic carbocycles. The molecule has 6 heterocycles. The van der Waals surface area contributed by atoms with Crippen molar-refractivity contribution in [2.24, 2.45) is 0 Å². The van der Waals surface area contributed by atoms with Gasteiger partial charge in [0.15, 0.2) is 29.5 Å². The minimum atomic E-state index is -4.49. The molecule has 0 aliphatic rings. The smallest absolute Gasteiger partial charge is 0.537 e. The van der Waals surface area contributed by atoms with Crippen molar-refractivity contribution in [2.45, 2.75) is 57.9 Å². The molecular weight excluding hydrogens is 1730 g/mol. The number of ether oxygens (including phenoxy) is 3. The Kier molecular flexibility index (Phi) is 27.9. The van der Waals surface area contributed by atoms with Crippen LogP contribution < -0.4 is 35.5 Å². The lowest BCUT2D eigenvalue weighted by atomic mass is 10.0. The second-order valence-corrected chi connectivity index (χ2v) is 32.3. The first-order valence-corrected chi connectivity index (χ1v) is 40.0. The Labute approximate surface area is 689 Å². The predicted octanol–water partition coefficient (Wildman–Crippen LogP) is 17.3. The second kappa shape index (κ2) is 37.3. The molecule has 0 fully saturated rings. The molecule has 1 atom stereocenters. The fourth-order valence-corrected chi connectivity index (χ4v) is 16.4. The zero-order valence-electron chi connectivity index (χ0n) is 61.8. The third-order valence-corrected chi connectivity index (χ3v) is 23.2. The van der Waals surface area contributed by atoms with E-state index in [1.54, 1.807) is 84.9 Å². The zero-order valence-corrected chi connectivity index (χ0v) is 67.3. The molecule has 23 nitrogen and oxygen atoms in total. The maximum Gasteiger partial charge on any atom is 0.569 e. The number of hydrogen-bond acceptors (Lipinski definition) is 20. The minimum absolute atomic E-state index is 0. The van der Waals surface area contributed by atoms with E-state index in [1.165, 1.54) is 169 Å². The molecule has 38 heteroatoms. The molecule has 0 spiro atoms. The van der Waals surface area contributed by atoms with Crippen LogP contribution in [0.5, 0.6) is 23.0 Å². The first kappa shape index (κ1) is 89.9. The highest BCUT2D eigenvalue weighted by Crippen LogP contribution is 2.40. The van der Waals surface area contributed by atoms with E-state index in [2.05, 4.69) is 36.1 Å². The number of sulfone groups is 3. The fraction of sp³-hybridized carbons (Fsp3) is 0.122. The molecule has 1 radical (unpaired) electrons. The Morgan fingerprint density at radius 3 is 1.02 bits per heavy atom. The van der Waals surface area contributed by atoms with Crippen molar-refractivity contribution >= 4 is 95.7 Å². The summed E-state index contributed by atoms with van der Waals surface area (Å²) in [5, 5.41) is 20.7. The minimum Gasteiger partial charge on any atom is -0.537 e. The van der Waals surface area contributed by atoms with Crippen LogP contribution in [0.4, 0.5) is 39.5 Å². The lowest BCUT2D eigenvalue weighted by molar-refractivity contribution is -0.138. The average Bonchev–Trinajstić information content (AvgIpc) is 0.859. The molecule has 621 valence electrons. The summed E-state index contributed by atoms with van der Waals surface area (Å²) in [5.41, 5.74) is 1.67. The van der Waals surface area contributed by atoms with Gasteiger partial charge in [-0.3, -0.25) is 28.1 Å². The molecule has 0 amide bonds. The summed E-state index contributed by atoms with van der Waals surface area (Å²) in [6, 6.07) is 55.3. The van der Waals surface area contributed by atoms with Crippen LogP contribution >= 0.6 is 25.8 Å². The maximum absolute atomic E-state index is 13.2. The van der Waals surface area contributed by atoms with Crippen LogP contribution in [0.15, 0.2) is 302 Å². The molecule has 0 aliphatic heterocycles. The van der Waals surface area contributed by atoms with Gasteiger partial charge in [-0.15, -0.1) is 0 Å². The highest BCUT2D eigenvalue weighted by atomic mass is 79.9. The lowest BCUT2D eigenvalue weighted by Gasteiger charge is -2.16. The first-order chi connectivity index (χ1) is 56.1. The Morgan fingerprint density at radius 1 is 0.392 bits per heavy atom. The van der Waals surface area contributed by atoms with Gasteiger partial charge in [0.2, 0.25) is 0 Å². The summed E-state index contributed by atoms with van der Waals surface area (Å²) in [5.74, 6) is -0.0165. The predicted molar refractivity (Wildman–Crippen MR) is 437 cm³/mol. The van der Waals surface area contributed by atoms with Crippen LogP contribution in [0.3, 0.4) is 0 Å². The lowest BCUT2D eigenvalue weighted by Crippen LogP contribution is -2.18. The van der Waals surface area contributed by atoms with Crippen molar-refractivity contribution in [3.8, 4) is 62.3 Å². The van der Waals surface area contributed by atoms with Crippen molar-refractivity contribution < 1.29 is 102 Å². The number of halogens is 10. The third-order valence-electron chi connectivity index (χ3n) is 17.8. The van der Waals surface area contributed by atoms with Crippen molar-refractivity contribution in [1.82, 2.24) is 29.2 Å². The van der Waals surface area contributed by atoms with Gasteiger partial charge >= 0.3 is 26.2 Å². The Morgan fingerprint density at radius 2 is 0.708 bits per heavy atom. The number of methoxy groups -OCH3 is 3. The molecule has 15 aromatic rings. The number of hydrogen-bond donors (Lipinski definition) is 1. The summed E-state index contributed by atoms with van der Waals surface area (Å²) < 4.78 is 232. The topological polar surface area (TPSA) is 304 Å². The molecule has 0 bridgehead atoms. The molecule has 0 saturated carbocycles. The van der Waals surface area contributed by atoms with E-state index in [1.807, 2.05) is 0 Å². The fourth-order valence-electron chi connectivity index (χ4n) is 12.2. The van der Waals surface area contributed by atoms with E-state index in [9.17, 15) is 79.2 Å². The number of fused-ring (bicyclic) bond motifs is 3. The van der Waals surface area contributed by atoms with Gasteiger partial charge in [0.05, 0.1) is 103 Å². The Hall–Kier alpha value is -12.4. The first-order valence-electron chi connectivity index (χ1n) is 34.3. The standard InChI is InChI=1S/2C27H19F3N2O5S.C20H15BrN2O5S.C7H5BF3O2.CH4.H3P/c2*1-36-25-15-18(17-3-2-4-20(13-17)27(28,29)30)5-8-24(25)32-23-9-7-22(14-19(23)6-10-26(32)33)38(34,35)16-21-11-12-37-31-21;1-27-19-11-14(21)3-5-18(19)23-17-6-4-16(10-13(17)2-7-20(23)24)29(25,26)12-15-8-9-28-22-15;9-7(10,11)5-2-1-3-6(4-5)13-8-12;;/h2*2-15H,16H2,1H3;2-11H,12H2,1H3;1-4,12H;1H4;1H3. The Bertz CT molecular complexity index is 6510. The van der Waals surface area contributed by atoms with Crippen LogP contribution in [0.1, 0.15) is 41.2 Å². The van der Waals surface area contributed by atoms with E-state index in [0.29, 0.717) is 91.2 Å². The summed E-state index contributed by atoms with van der Waals surface area (Å²) >= 11 is 3.39. The molecule has 15 rings (SSSR count). The van der Waals surface area contributed by atoms with Gasteiger partial charge in [-0.1, -0.05) is 81.3 Å². The summed E-state index contributed by atoms with van der Waals surface area (Å²) in [4.78, 5) is 38.8. The molecule has 1 N–H and O–H groups in total. The highest BCUT2D eigenvalue weighted by Gasteiger charge is 2.33. The number of nitrogens with zero attached hydrogens (tertiary/aromatic N) is 6. The number of pyridine rings is 3. The van der Waals surface area contributed by atoms with Crippen LogP contribution in [-0.2, 0) is 65.3 Å². The van der Waals surface area contributed by atoms with Gasteiger partial charge in [-0.2, -0.15) is 49.4 Å². The van der Waals surface area contributed by atoms with E-state index < -0.39 is 75.8 Å². The van der Waals surface area contributed by atoms with Crippen molar-refractivity contribution in [3.63, 3.8) is 0 Å². The number of alkyl halides is 9. The molecule has 0 aliphatic carbocycles.